The van der Waals surface area contributed by atoms with Crippen molar-refractivity contribution >= 4 is 9.84 Å². The van der Waals surface area contributed by atoms with Gasteiger partial charge in [0, 0.05) is 18.0 Å². The molecular formula is C13H19NO4S. The Morgan fingerprint density at radius 1 is 1.53 bits per heavy atom. The van der Waals surface area contributed by atoms with Gasteiger partial charge in [-0.2, -0.15) is 0 Å². The highest BCUT2D eigenvalue weighted by atomic mass is 32.2. The Labute approximate surface area is 113 Å². The van der Waals surface area contributed by atoms with E-state index < -0.39 is 20.7 Å². The van der Waals surface area contributed by atoms with Crippen LogP contribution in [0.5, 0.6) is 5.75 Å². The van der Waals surface area contributed by atoms with E-state index in [9.17, 15) is 13.5 Å². The molecule has 1 saturated carbocycles. The molecule has 1 heterocycles. The third-order valence-electron chi connectivity index (χ3n) is 3.60. The average molecular weight is 285 g/mol. The summed E-state index contributed by atoms with van der Waals surface area (Å²) in [5.41, 5.74) is -0.834. The van der Waals surface area contributed by atoms with Crippen molar-refractivity contribution in [2.24, 2.45) is 0 Å². The van der Waals surface area contributed by atoms with Crippen LogP contribution in [0, 0.1) is 0 Å². The van der Waals surface area contributed by atoms with Crippen LogP contribution in [0.1, 0.15) is 31.7 Å². The summed E-state index contributed by atoms with van der Waals surface area (Å²) in [6.45, 7) is 2.36. The van der Waals surface area contributed by atoms with Crippen molar-refractivity contribution in [1.82, 2.24) is 4.98 Å². The molecule has 0 bridgehead atoms. The molecule has 19 heavy (non-hydrogen) atoms. The first-order chi connectivity index (χ1) is 8.88. The number of pyridine rings is 1. The molecule has 0 spiro atoms. The maximum Gasteiger partial charge on any atom is 0.153 e. The van der Waals surface area contributed by atoms with Gasteiger partial charge in [-0.1, -0.05) is 0 Å². The second-order valence-electron chi connectivity index (χ2n) is 4.98. The highest BCUT2D eigenvalue weighted by Crippen LogP contribution is 2.42. The van der Waals surface area contributed by atoms with Gasteiger partial charge >= 0.3 is 0 Å². The summed E-state index contributed by atoms with van der Waals surface area (Å²) in [5.74, 6) is 0.549. The van der Waals surface area contributed by atoms with Crippen LogP contribution in [0.4, 0.5) is 0 Å². The topological polar surface area (TPSA) is 76.5 Å². The number of ether oxygens (including phenoxy) is 1. The first kappa shape index (κ1) is 14.3. The predicted octanol–water partition coefficient (Wildman–Crippen LogP) is 1.26. The first-order valence-electron chi connectivity index (χ1n) is 6.37. The van der Waals surface area contributed by atoms with Gasteiger partial charge in [0.15, 0.2) is 9.84 Å². The second kappa shape index (κ2) is 5.09. The molecule has 1 aromatic heterocycles. The molecule has 106 valence electrons. The van der Waals surface area contributed by atoms with E-state index in [0.29, 0.717) is 37.2 Å². The minimum atomic E-state index is -3.30. The quantitative estimate of drug-likeness (QED) is 0.901. The minimum Gasteiger partial charge on any atom is -0.492 e. The molecule has 2 atom stereocenters. The second-order valence-corrected chi connectivity index (χ2v) is 7.21. The zero-order valence-corrected chi connectivity index (χ0v) is 12.0. The molecule has 1 N–H and O–H groups in total. The SMILES string of the molecule is CCOc1cncc(C2(O)CCCC2S(C)(=O)=O)c1. The molecule has 0 aliphatic heterocycles. The number of rotatable bonds is 4. The summed E-state index contributed by atoms with van der Waals surface area (Å²) in [6.07, 6.45) is 5.85. The molecule has 1 aliphatic carbocycles. The van der Waals surface area contributed by atoms with Crippen LogP contribution < -0.4 is 4.74 Å². The number of hydrogen-bond acceptors (Lipinski definition) is 5. The van der Waals surface area contributed by atoms with Gasteiger partial charge in [-0.15, -0.1) is 0 Å². The molecule has 1 fully saturated rings. The Bertz CT molecular complexity index is 558. The van der Waals surface area contributed by atoms with E-state index in [1.165, 1.54) is 12.5 Å². The summed E-state index contributed by atoms with van der Waals surface area (Å²) in [6, 6.07) is 1.68. The normalized spacial score (nSPS) is 27.4. The third kappa shape index (κ3) is 2.74. The van der Waals surface area contributed by atoms with Crippen molar-refractivity contribution in [2.45, 2.75) is 37.0 Å². The van der Waals surface area contributed by atoms with E-state index >= 15 is 0 Å². The van der Waals surface area contributed by atoms with E-state index in [0.717, 1.165) is 0 Å². The summed E-state index contributed by atoms with van der Waals surface area (Å²) in [7, 11) is -3.30. The van der Waals surface area contributed by atoms with E-state index in [4.69, 9.17) is 4.74 Å². The van der Waals surface area contributed by atoms with Crippen LogP contribution in [-0.4, -0.2) is 36.6 Å². The molecule has 0 aromatic carbocycles. The van der Waals surface area contributed by atoms with Gasteiger partial charge < -0.3 is 9.84 Å². The number of nitrogens with zero attached hydrogens (tertiary/aromatic N) is 1. The fourth-order valence-electron chi connectivity index (χ4n) is 2.76. The van der Waals surface area contributed by atoms with Gasteiger partial charge in [-0.3, -0.25) is 4.98 Å². The fourth-order valence-corrected chi connectivity index (χ4v) is 4.31. The van der Waals surface area contributed by atoms with Crippen molar-refractivity contribution in [1.29, 1.82) is 0 Å². The monoisotopic (exact) mass is 285 g/mol. The Hall–Kier alpha value is -1.14. The van der Waals surface area contributed by atoms with E-state index in [1.54, 1.807) is 12.3 Å². The van der Waals surface area contributed by atoms with Crippen LogP contribution in [0.15, 0.2) is 18.5 Å². The lowest BCUT2D eigenvalue weighted by atomic mass is 9.93. The summed E-state index contributed by atoms with van der Waals surface area (Å²) in [4.78, 5) is 4.03. The van der Waals surface area contributed by atoms with Crippen LogP contribution >= 0.6 is 0 Å². The van der Waals surface area contributed by atoms with Gasteiger partial charge in [-0.05, 0) is 32.3 Å². The predicted molar refractivity (Wildman–Crippen MR) is 71.8 cm³/mol. The van der Waals surface area contributed by atoms with Crippen molar-refractivity contribution < 1.29 is 18.3 Å². The van der Waals surface area contributed by atoms with Gasteiger partial charge in [0.2, 0.25) is 0 Å². The molecule has 2 unspecified atom stereocenters. The lowest BCUT2D eigenvalue weighted by Crippen LogP contribution is -2.39. The van der Waals surface area contributed by atoms with Gasteiger partial charge in [-0.25, -0.2) is 8.42 Å². The fraction of sp³-hybridized carbons (Fsp3) is 0.615. The molecular weight excluding hydrogens is 266 g/mol. The summed E-state index contributed by atoms with van der Waals surface area (Å²) in [5, 5.41) is 10.0. The number of aliphatic hydroxyl groups is 1. The molecule has 2 rings (SSSR count). The Morgan fingerprint density at radius 2 is 2.26 bits per heavy atom. The number of sulfone groups is 1. The Morgan fingerprint density at radius 3 is 2.89 bits per heavy atom. The maximum absolute atomic E-state index is 11.8. The lowest BCUT2D eigenvalue weighted by molar-refractivity contribution is 0.0470. The van der Waals surface area contributed by atoms with Crippen molar-refractivity contribution in [3.05, 3.63) is 24.0 Å². The molecule has 6 heteroatoms. The highest BCUT2D eigenvalue weighted by molar-refractivity contribution is 7.91. The van der Waals surface area contributed by atoms with Crippen LogP contribution in [0.3, 0.4) is 0 Å². The maximum atomic E-state index is 11.8. The number of aromatic nitrogens is 1. The van der Waals surface area contributed by atoms with E-state index in [-0.39, 0.29) is 0 Å². The largest absolute Gasteiger partial charge is 0.492 e. The zero-order chi connectivity index (χ0) is 14.1. The van der Waals surface area contributed by atoms with Crippen LogP contribution in [0.2, 0.25) is 0 Å². The molecule has 0 amide bonds. The van der Waals surface area contributed by atoms with E-state index in [1.807, 2.05) is 6.92 Å². The van der Waals surface area contributed by atoms with Gasteiger partial charge in [0.1, 0.15) is 11.4 Å². The molecule has 0 saturated heterocycles. The van der Waals surface area contributed by atoms with Crippen molar-refractivity contribution in [3.63, 3.8) is 0 Å². The lowest BCUT2D eigenvalue weighted by Gasteiger charge is -2.29. The van der Waals surface area contributed by atoms with Crippen molar-refractivity contribution in [2.75, 3.05) is 12.9 Å². The smallest absolute Gasteiger partial charge is 0.153 e. The molecule has 1 aromatic rings. The highest BCUT2D eigenvalue weighted by Gasteiger charge is 2.48. The van der Waals surface area contributed by atoms with Crippen LogP contribution in [0.25, 0.3) is 0 Å². The average Bonchev–Trinajstić information content (AvgIpc) is 2.73. The van der Waals surface area contributed by atoms with Gasteiger partial charge in [0.25, 0.3) is 0 Å². The summed E-state index contributed by atoms with van der Waals surface area (Å²) >= 11 is 0. The minimum absolute atomic E-state index is 0.433. The number of hydrogen-bond donors (Lipinski definition) is 1. The zero-order valence-electron chi connectivity index (χ0n) is 11.2. The molecule has 5 nitrogen and oxygen atoms in total. The van der Waals surface area contributed by atoms with E-state index in [2.05, 4.69) is 4.98 Å². The van der Waals surface area contributed by atoms with Crippen molar-refractivity contribution in [3.8, 4) is 5.75 Å². The standard InChI is InChI=1S/C13H19NO4S/c1-3-18-11-7-10(8-14-9-11)13(15)6-4-5-12(13)19(2,16)17/h7-9,12,15H,3-6H2,1-2H3. The third-order valence-corrected chi connectivity index (χ3v) is 5.26. The summed E-state index contributed by atoms with van der Waals surface area (Å²) < 4.78 is 29.0. The Balaban J connectivity index is 2.41. The Kier molecular flexibility index (Phi) is 3.82. The first-order valence-corrected chi connectivity index (χ1v) is 8.33. The van der Waals surface area contributed by atoms with Gasteiger partial charge in [0.05, 0.1) is 18.1 Å². The molecule has 0 radical (unpaired) electrons. The van der Waals surface area contributed by atoms with Crippen LogP contribution in [-0.2, 0) is 15.4 Å². The molecule has 1 aliphatic rings.